The van der Waals surface area contributed by atoms with Crippen molar-refractivity contribution >= 4 is 11.5 Å². The number of aryl methyl sites for hydroxylation is 1. The second kappa shape index (κ2) is 6.68. The molecular formula is C17H22FN3. The summed E-state index contributed by atoms with van der Waals surface area (Å²) < 4.78 is 13.0. The lowest BCUT2D eigenvalue weighted by atomic mass is 10.2. The highest BCUT2D eigenvalue weighted by Crippen LogP contribution is 2.23. The minimum absolute atomic E-state index is 0.230. The number of anilines is 2. The average molecular weight is 287 g/mol. The second-order valence-corrected chi connectivity index (χ2v) is 5.55. The molecule has 0 radical (unpaired) electrons. The first-order valence-corrected chi connectivity index (χ1v) is 7.16. The van der Waals surface area contributed by atoms with Gasteiger partial charge in [0, 0.05) is 31.0 Å². The van der Waals surface area contributed by atoms with Crippen LogP contribution < -0.4 is 10.2 Å². The van der Waals surface area contributed by atoms with Crippen LogP contribution in [0.4, 0.5) is 15.9 Å². The summed E-state index contributed by atoms with van der Waals surface area (Å²) in [6.07, 6.45) is 0. The Morgan fingerprint density at radius 1 is 1.19 bits per heavy atom. The number of benzene rings is 1. The summed E-state index contributed by atoms with van der Waals surface area (Å²) >= 11 is 0. The number of nitrogens with one attached hydrogen (secondary N) is 1. The molecule has 0 spiro atoms. The van der Waals surface area contributed by atoms with E-state index in [1.807, 2.05) is 18.9 Å². The van der Waals surface area contributed by atoms with Crippen LogP contribution in [0.25, 0.3) is 0 Å². The van der Waals surface area contributed by atoms with E-state index in [-0.39, 0.29) is 5.82 Å². The molecule has 21 heavy (non-hydrogen) atoms. The minimum atomic E-state index is -0.230. The van der Waals surface area contributed by atoms with Gasteiger partial charge in [-0.1, -0.05) is 13.8 Å². The van der Waals surface area contributed by atoms with Crippen LogP contribution in [0.1, 0.15) is 25.1 Å². The van der Waals surface area contributed by atoms with Crippen LogP contribution >= 0.6 is 0 Å². The zero-order chi connectivity index (χ0) is 15.4. The Kier molecular flexibility index (Phi) is 4.91. The maximum atomic E-state index is 13.0. The number of halogens is 1. The third kappa shape index (κ3) is 4.26. The van der Waals surface area contributed by atoms with E-state index in [1.165, 1.54) is 17.7 Å². The molecule has 0 aliphatic carbocycles. The van der Waals surface area contributed by atoms with Crippen LogP contribution in [0.3, 0.4) is 0 Å². The fourth-order valence-electron chi connectivity index (χ4n) is 2.11. The topological polar surface area (TPSA) is 28.2 Å². The predicted octanol–water partition coefficient (Wildman–Crippen LogP) is 3.80. The first-order valence-electron chi connectivity index (χ1n) is 7.16. The van der Waals surface area contributed by atoms with Crippen LogP contribution in [0.15, 0.2) is 36.4 Å². The number of nitrogens with zero attached hydrogens (tertiary/aromatic N) is 2. The van der Waals surface area contributed by atoms with E-state index in [9.17, 15) is 4.39 Å². The number of aromatic nitrogens is 1. The Hall–Kier alpha value is -1.94. The molecule has 4 heteroatoms. The van der Waals surface area contributed by atoms with Crippen LogP contribution in [0, 0.1) is 12.7 Å². The number of pyridine rings is 1. The molecule has 0 amide bonds. The van der Waals surface area contributed by atoms with Gasteiger partial charge in [-0.05, 0) is 48.9 Å². The average Bonchev–Trinajstić information content (AvgIpc) is 2.44. The largest absolute Gasteiger partial charge is 0.329 e. The number of hydrogen-bond donors (Lipinski definition) is 1. The Bertz CT molecular complexity index is 593. The lowest BCUT2D eigenvalue weighted by Gasteiger charge is -2.20. The molecule has 1 heterocycles. The zero-order valence-corrected chi connectivity index (χ0v) is 13.0. The lowest BCUT2D eigenvalue weighted by Crippen LogP contribution is -2.22. The fourth-order valence-corrected chi connectivity index (χ4v) is 2.11. The Labute approximate surface area is 125 Å². The number of rotatable bonds is 5. The monoisotopic (exact) mass is 287 g/mol. The normalized spacial score (nSPS) is 11.0. The Morgan fingerprint density at radius 3 is 2.48 bits per heavy atom. The zero-order valence-electron chi connectivity index (χ0n) is 13.0. The molecule has 1 aromatic heterocycles. The van der Waals surface area contributed by atoms with Gasteiger partial charge >= 0.3 is 0 Å². The molecule has 1 aromatic carbocycles. The molecule has 3 nitrogen and oxygen atoms in total. The van der Waals surface area contributed by atoms with E-state index in [2.05, 4.69) is 36.3 Å². The van der Waals surface area contributed by atoms with Gasteiger partial charge < -0.3 is 10.2 Å². The molecule has 112 valence electrons. The van der Waals surface area contributed by atoms with Crippen molar-refractivity contribution in [1.82, 2.24) is 10.3 Å². The first kappa shape index (κ1) is 15.4. The van der Waals surface area contributed by atoms with Crippen LogP contribution in [0.5, 0.6) is 0 Å². The summed E-state index contributed by atoms with van der Waals surface area (Å²) in [4.78, 5) is 6.53. The van der Waals surface area contributed by atoms with Gasteiger partial charge in [-0.2, -0.15) is 0 Å². The molecule has 0 saturated carbocycles. The van der Waals surface area contributed by atoms with Crippen LogP contribution in [-0.2, 0) is 6.54 Å². The Balaban J connectivity index is 2.24. The van der Waals surface area contributed by atoms with Gasteiger partial charge in [0.1, 0.15) is 11.6 Å². The molecule has 0 bridgehead atoms. The van der Waals surface area contributed by atoms with E-state index >= 15 is 0 Å². The van der Waals surface area contributed by atoms with Gasteiger partial charge in [-0.3, -0.25) is 0 Å². The molecule has 0 fully saturated rings. The van der Waals surface area contributed by atoms with Gasteiger partial charge in [0.05, 0.1) is 0 Å². The van der Waals surface area contributed by atoms with Gasteiger partial charge in [0.25, 0.3) is 0 Å². The van der Waals surface area contributed by atoms with Crippen molar-refractivity contribution in [3.8, 4) is 0 Å². The van der Waals surface area contributed by atoms with Gasteiger partial charge in [-0.15, -0.1) is 0 Å². The summed E-state index contributed by atoms with van der Waals surface area (Å²) in [5.41, 5.74) is 3.08. The summed E-state index contributed by atoms with van der Waals surface area (Å²) in [7, 11) is 1.94. The minimum Gasteiger partial charge on any atom is -0.329 e. The summed E-state index contributed by atoms with van der Waals surface area (Å²) in [5.74, 6) is 0.633. The molecule has 0 aliphatic rings. The van der Waals surface area contributed by atoms with E-state index in [0.717, 1.165) is 23.7 Å². The SMILES string of the molecule is Cc1cc(CNC(C)C)cc(N(C)c2ccc(F)cc2)n1. The van der Waals surface area contributed by atoms with Gasteiger partial charge in [0.2, 0.25) is 0 Å². The first-order chi connectivity index (χ1) is 9.95. The van der Waals surface area contributed by atoms with Crippen molar-refractivity contribution in [2.75, 3.05) is 11.9 Å². The predicted molar refractivity (Wildman–Crippen MR) is 85.4 cm³/mol. The van der Waals surface area contributed by atoms with Crippen LogP contribution in [0.2, 0.25) is 0 Å². The summed E-state index contributed by atoms with van der Waals surface area (Å²) in [5, 5.41) is 3.41. The third-order valence-corrected chi connectivity index (χ3v) is 3.27. The van der Waals surface area contributed by atoms with E-state index < -0.39 is 0 Å². The van der Waals surface area contributed by atoms with E-state index in [1.54, 1.807) is 12.1 Å². The van der Waals surface area contributed by atoms with Crippen molar-refractivity contribution in [1.29, 1.82) is 0 Å². The molecule has 2 aromatic rings. The van der Waals surface area contributed by atoms with Crippen molar-refractivity contribution in [3.05, 3.63) is 53.5 Å². The molecule has 0 aliphatic heterocycles. The van der Waals surface area contributed by atoms with Gasteiger partial charge in [-0.25, -0.2) is 9.37 Å². The third-order valence-electron chi connectivity index (χ3n) is 3.27. The lowest BCUT2D eigenvalue weighted by molar-refractivity contribution is 0.588. The van der Waals surface area contributed by atoms with Crippen molar-refractivity contribution < 1.29 is 4.39 Å². The second-order valence-electron chi connectivity index (χ2n) is 5.55. The van der Waals surface area contributed by atoms with Crippen molar-refractivity contribution in [3.63, 3.8) is 0 Å². The molecule has 0 saturated heterocycles. The summed E-state index contributed by atoms with van der Waals surface area (Å²) in [6.45, 7) is 7.05. The number of hydrogen-bond acceptors (Lipinski definition) is 3. The van der Waals surface area contributed by atoms with E-state index in [0.29, 0.717) is 6.04 Å². The molecule has 0 atom stereocenters. The smallest absolute Gasteiger partial charge is 0.133 e. The quantitative estimate of drug-likeness (QED) is 0.906. The Morgan fingerprint density at radius 2 is 1.86 bits per heavy atom. The molecular weight excluding hydrogens is 265 g/mol. The molecule has 0 unspecified atom stereocenters. The fraction of sp³-hybridized carbons (Fsp3) is 0.353. The molecule has 2 rings (SSSR count). The highest BCUT2D eigenvalue weighted by Gasteiger charge is 2.08. The van der Waals surface area contributed by atoms with Crippen LogP contribution in [-0.4, -0.2) is 18.1 Å². The van der Waals surface area contributed by atoms with Gasteiger partial charge in [0.15, 0.2) is 0 Å². The maximum absolute atomic E-state index is 13.0. The standard InChI is InChI=1S/C17H22FN3/c1-12(2)19-11-14-9-13(3)20-17(10-14)21(4)16-7-5-15(18)6-8-16/h5-10,12,19H,11H2,1-4H3. The molecule has 1 N–H and O–H groups in total. The van der Waals surface area contributed by atoms with Crippen molar-refractivity contribution in [2.45, 2.75) is 33.4 Å². The highest BCUT2D eigenvalue weighted by atomic mass is 19.1. The highest BCUT2D eigenvalue weighted by molar-refractivity contribution is 5.59. The van der Waals surface area contributed by atoms with E-state index in [4.69, 9.17) is 0 Å². The maximum Gasteiger partial charge on any atom is 0.133 e. The summed E-state index contributed by atoms with van der Waals surface area (Å²) in [6, 6.07) is 11.0. The van der Waals surface area contributed by atoms with Crippen molar-refractivity contribution in [2.24, 2.45) is 0 Å².